The molecule has 0 aliphatic carbocycles. The van der Waals surface area contributed by atoms with Gasteiger partial charge < -0.3 is 0 Å². The second-order valence-electron chi connectivity index (χ2n) is 6.66. The summed E-state index contributed by atoms with van der Waals surface area (Å²) in [5, 5.41) is 11.8. The van der Waals surface area contributed by atoms with Crippen molar-refractivity contribution in [2.75, 3.05) is 5.01 Å². The number of thiophene rings is 1. The molecule has 30 heavy (non-hydrogen) atoms. The summed E-state index contributed by atoms with van der Waals surface area (Å²) < 4.78 is 14.5. The zero-order valence-corrected chi connectivity index (χ0v) is 20.5. The molecule has 0 saturated carbocycles. The lowest BCUT2D eigenvalue weighted by molar-refractivity contribution is 0.624. The van der Waals surface area contributed by atoms with Crippen LogP contribution in [0.2, 0.25) is 0 Å². The van der Waals surface area contributed by atoms with E-state index in [4.69, 9.17) is 10.1 Å². The van der Waals surface area contributed by atoms with Crippen molar-refractivity contribution in [3.63, 3.8) is 0 Å². The standard InChI is InChI=1S/C22H15BrFN3S2.BrH/c23-16-7-3-14(4-8-16)19-13-29-22(25-19)27-20(15-5-9-17(24)10-6-15)12-18(26-27)21-2-1-11-28-21;/h1-11,13,20H,12H2;1H. The fourth-order valence-electron chi connectivity index (χ4n) is 3.35. The molecular weight excluding hydrogens is 549 g/mol. The Balaban J connectivity index is 0.00000218. The van der Waals surface area contributed by atoms with Crippen LogP contribution in [0.1, 0.15) is 22.9 Å². The maximum atomic E-state index is 13.5. The second kappa shape index (κ2) is 9.09. The fourth-order valence-corrected chi connectivity index (χ4v) is 5.16. The van der Waals surface area contributed by atoms with Gasteiger partial charge in [-0.1, -0.05) is 46.3 Å². The summed E-state index contributed by atoms with van der Waals surface area (Å²) in [6, 6.07) is 18.9. The first kappa shape index (κ1) is 21.4. The minimum Gasteiger partial charge on any atom is -0.231 e. The van der Waals surface area contributed by atoms with Crippen molar-refractivity contribution in [2.45, 2.75) is 12.5 Å². The summed E-state index contributed by atoms with van der Waals surface area (Å²) in [7, 11) is 0. The monoisotopic (exact) mass is 563 g/mol. The van der Waals surface area contributed by atoms with Gasteiger partial charge >= 0.3 is 0 Å². The molecule has 3 nitrogen and oxygen atoms in total. The van der Waals surface area contributed by atoms with Crippen molar-refractivity contribution in [1.82, 2.24) is 4.98 Å². The largest absolute Gasteiger partial charge is 0.231 e. The quantitative estimate of drug-likeness (QED) is 0.254. The van der Waals surface area contributed by atoms with E-state index in [0.717, 1.165) is 43.4 Å². The van der Waals surface area contributed by atoms with E-state index in [9.17, 15) is 4.39 Å². The highest BCUT2D eigenvalue weighted by molar-refractivity contribution is 9.10. The maximum absolute atomic E-state index is 13.5. The third-order valence-corrected chi connectivity index (χ3v) is 7.08. The molecule has 1 aliphatic heterocycles. The normalized spacial score (nSPS) is 15.7. The zero-order valence-electron chi connectivity index (χ0n) is 15.5. The number of thiazole rings is 1. The first-order chi connectivity index (χ1) is 14.2. The van der Waals surface area contributed by atoms with Gasteiger partial charge in [0.25, 0.3) is 0 Å². The van der Waals surface area contributed by atoms with Gasteiger partial charge in [-0.2, -0.15) is 5.10 Å². The van der Waals surface area contributed by atoms with Gasteiger partial charge in [-0.05, 0) is 41.3 Å². The second-order valence-corrected chi connectivity index (χ2v) is 9.36. The minimum absolute atomic E-state index is 0. The highest BCUT2D eigenvalue weighted by Gasteiger charge is 2.32. The number of rotatable bonds is 4. The van der Waals surface area contributed by atoms with Gasteiger partial charge in [-0.3, -0.25) is 0 Å². The van der Waals surface area contributed by atoms with Crippen molar-refractivity contribution in [1.29, 1.82) is 0 Å². The lowest BCUT2D eigenvalue weighted by Gasteiger charge is -2.21. The van der Waals surface area contributed by atoms with Crippen molar-refractivity contribution >= 4 is 66.4 Å². The molecule has 2 aromatic carbocycles. The van der Waals surface area contributed by atoms with Crippen LogP contribution in [0.3, 0.4) is 0 Å². The number of benzene rings is 2. The summed E-state index contributed by atoms with van der Waals surface area (Å²) in [6.07, 6.45) is 0.763. The van der Waals surface area contributed by atoms with Gasteiger partial charge in [-0.25, -0.2) is 14.4 Å². The molecule has 2 aromatic heterocycles. The van der Waals surface area contributed by atoms with Crippen molar-refractivity contribution < 1.29 is 4.39 Å². The molecular formula is C22H16Br2FN3S2. The summed E-state index contributed by atoms with van der Waals surface area (Å²) in [4.78, 5) is 6.01. The molecule has 8 heteroatoms. The molecule has 1 unspecified atom stereocenters. The molecule has 0 fully saturated rings. The number of anilines is 1. The third kappa shape index (κ3) is 4.27. The molecule has 152 valence electrons. The first-order valence-electron chi connectivity index (χ1n) is 9.05. The first-order valence-corrected chi connectivity index (χ1v) is 11.6. The summed E-state index contributed by atoms with van der Waals surface area (Å²) in [5.41, 5.74) is 4.06. The lowest BCUT2D eigenvalue weighted by Crippen LogP contribution is -2.18. The molecule has 0 bridgehead atoms. The number of aromatic nitrogens is 1. The molecule has 3 heterocycles. The zero-order chi connectivity index (χ0) is 19.8. The number of hydrogen-bond acceptors (Lipinski definition) is 5. The van der Waals surface area contributed by atoms with Crippen molar-refractivity contribution in [3.05, 3.63) is 92.2 Å². The van der Waals surface area contributed by atoms with Gasteiger partial charge in [0.15, 0.2) is 0 Å². The maximum Gasteiger partial charge on any atom is 0.207 e. The van der Waals surface area contributed by atoms with Crippen LogP contribution in [-0.2, 0) is 0 Å². The Labute approximate surface area is 200 Å². The average molecular weight is 565 g/mol. The van der Waals surface area contributed by atoms with Crippen LogP contribution in [0.15, 0.2) is 81.0 Å². The topological polar surface area (TPSA) is 28.5 Å². The summed E-state index contributed by atoms with van der Waals surface area (Å²) in [5.74, 6) is -0.232. The Hall–Kier alpha value is -1.87. The minimum atomic E-state index is -0.232. The Morgan fingerprint density at radius 3 is 2.47 bits per heavy atom. The summed E-state index contributed by atoms with van der Waals surface area (Å²) in [6.45, 7) is 0. The number of hydrogen-bond donors (Lipinski definition) is 0. The molecule has 0 amide bonds. The fraction of sp³-hybridized carbons (Fsp3) is 0.0909. The van der Waals surface area contributed by atoms with Gasteiger partial charge in [0, 0.05) is 21.8 Å². The number of halogens is 3. The van der Waals surface area contributed by atoms with Crippen LogP contribution < -0.4 is 5.01 Å². The van der Waals surface area contributed by atoms with Gasteiger partial charge in [0.1, 0.15) is 5.82 Å². The molecule has 0 radical (unpaired) electrons. The van der Waals surface area contributed by atoms with Crippen LogP contribution in [0.4, 0.5) is 9.52 Å². The van der Waals surface area contributed by atoms with E-state index in [0.29, 0.717) is 0 Å². The van der Waals surface area contributed by atoms with Crippen LogP contribution in [-0.4, -0.2) is 10.7 Å². The predicted molar refractivity (Wildman–Crippen MR) is 133 cm³/mol. The van der Waals surface area contributed by atoms with E-state index in [2.05, 4.69) is 32.8 Å². The van der Waals surface area contributed by atoms with E-state index in [1.165, 1.54) is 12.1 Å². The van der Waals surface area contributed by atoms with E-state index in [1.54, 1.807) is 22.7 Å². The average Bonchev–Trinajstić information content (AvgIpc) is 3.48. The van der Waals surface area contributed by atoms with Crippen LogP contribution in [0.25, 0.3) is 11.3 Å². The highest BCUT2D eigenvalue weighted by Crippen LogP contribution is 2.40. The smallest absolute Gasteiger partial charge is 0.207 e. The van der Waals surface area contributed by atoms with E-state index >= 15 is 0 Å². The molecule has 0 saturated heterocycles. The van der Waals surface area contributed by atoms with E-state index in [-0.39, 0.29) is 28.8 Å². The Morgan fingerprint density at radius 1 is 1.00 bits per heavy atom. The molecule has 1 atom stereocenters. The van der Waals surface area contributed by atoms with Crippen molar-refractivity contribution in [3.8, 4) is 11.3 Å². The summed E-state index contributed by atoms with van der Waals surface area (Å²) >= 11 is 6.73. The molecule has 4 aromatic rings. The van der Waals surface area contributed by atoms with Gasteiger partial charge in [0.2, 0.25) is 5.13 Å². The molecule has 1 aliphatic rings. The van der Waals surface area contributed by atoms with Crippen LogP contribution >= 0.6 is 55.6 Å². The Kier molecular flexibility index (Phi) is 6.48. The molecule has 5 rings (SSSR count). The number of hydrazone groups is 1. The van der Waals surface area contributed by atoms with Crippen molar-refractivity contribution in [2.24, 2.45) is 5.10 Å². The number of nitrogens with zero attached hydrogens (tertiary/aromatic N) is 3. The molecule has 0 spiro atoms. The Morgan fingerprint density at radius 2 is 1.77 bits per heavy atom. The predicted octanol–water partition coefficient (Wildman–Crippen LogP) is 7.71. The Bertz CT molecular complexity index is 1160. The lowest BCUT2D eigenvalue weighted by atomic mass is 10.0. The van der Waals surface area contributed by atoms with E-state index in [1.807, 2.05) is 47.5 Å². The SMILES string of the molecule is Br.Fc1ccc(C2CC(c3cccs3)=NN2c2nc(-c3ccc(Br)cc3)cs2)cc1. The highest BCUT2D eigenvalue weighted by atomic mass is 79.9. The van der Waals surface area contributed by atoms with Gasteiger partial charge in [0.05, 0.1) is 22.3 Å². The van der Waals surface area contributed by atoms with Gasteiger partial charge in [-0.15, -0.1) is 39.7 Å². The van der Waals surface area contributed by atoms with E-state index < -0.39 is 0 Å². The van der Waals surface area contributed by atoms with Crippen LogP contribution in [0, 0.1) is 5.82 Å². The molecule has 0 N–H and O–H groups in total. The third-order valence-electron chi connectivity index (χ3n) is 4.80. The van der Waals surface area contributed by atoms with Crippen LogP contribution in [0.5, 0.6) is 0 Å².